The molecule has 0 heterocycles. The Kier molecular flexibility index (Phi) is 4.94. The monoisotopic (exact) mass is 223 g/mol. The summed E-state index contributed by atoms with van der Waals surface area (Å²) in [5, 5.41) is 3.23. The van der Waals surface area contributed by atoms with E-state index in [9.17, 15) is 4.39 Å². The van der Waals surface area contributed by atoms with E-state index in [1.807, 2.05) is 32.2 Å². The van der Waals surface area contributed by atoms with E-state index in [2.05, 4.69) is 19.2 Å². The van der Waals surface area contributed by atoms with Crippen molar-refractivity contribution in [2.24, 2.45) is 5.92 Å². The Labute approximate surface area is 98.1 Å². The molecule has 2 atom stereocenters. The van der Waals surface area contributed by atoms with E-state index < -0.39 is 0 Å². The van der Waals surface area contributed by atoms with Crippen LogP contribution in [0.1, 0.15) is 43.9 Å². The summed E-state index contributed by atoms with van der Waals surface area (Å²) in [6, 6.07) is 5.74. The van der Waals surface area contributed by atoms with Gasteiger partial charge < -0.3 is 5.32 Å². The van der Waals surface area contributed by atoms with E-state index in [1.165, 1.54) is 0 Å². The molecule has 0 bridgehead atoms. The van der Waals surface area contributed by atoms with Gasteiger partial charge >= 0.3 is 0 Å². The van der Waals surface area contributed by atoms with Crippen LogP contribution in [-0.2, 0) is 0 Å². The van der Waals surface area contributed by atoms with Crippen LogP contribution in [-0.4, -0.2) is 7.05 Å². The first-order valence-electron chi connectivity index (χ1n) is 6.04. The third kappa shape index (κ3) is 2.82. The highest BCUT2D eigenvalue weighted by Crippen LogP contribution is 2.28. The van der Waals surface area contributed by atoms with E-state index in [0.717, 1.165) is 24.0 Å². The highest BCUT2D eigenvalue weighted by molar-refractivity contribution is 5.27. The topological polar surface area (TPSA) is 12.0 Å². The van der Waals surface area contributed by atoms with Crippen LogP contribution < -0.4 is 5.32 Å². The fourth-order valence-electron chi connectivity index (χ4n) is 2.28. The summed E-state index contributed by atoms with van der Waals surface area (Å²) in [6.45, 7) is 6.15. The summed E-state index contributed by atoms with van der Waals surface area (Å²) in [6.07, 6.45) is 2.24. The summed E-state index contributed by atoms with van der Waals surface area (Å²) < 4.78 is 14.0. The minimum absolute atomic E-state index is 0.0650. The minimum atomic E-state index is -0.0650. The van der Waals surface area contributed by atoms with Crippen LogP contribution in [0, 0.1) is 18.7 Å². The zero-order valence-corrected chi connectivity index (χ0v) is 10.7. The molecule has 0 radical (unpaired) electrons. The lowest BCUT2D eigenvalue weighted by atomic mass is 9.90. The van der Waals surface area contributed by atoms with Crippen LogP contribution in [0.5, 0.6) is 0 Å². The Morgan fingerprint density at radius 1 is 1.38 bits per heavy atom. The van der Waals surface area contributed by atoms with Crippen LogP contribution in [0.15, 0.2) is 18.2 Å². The van der Waals surface area contributed by atoms with Gasteiger partial charge in [-0.2, -0.15) is 0 Å². The predicted octanol–water partition coefficient (Wildman–Crippen LogP) is 3.83. The van der Waals surface area contributed by atoms with Crippen LogP contribution in [0.25, 0.3) is 0 Å². The zero-order chi connectivity index (χ0) is 12.1. The lowest BCUT2D eigenvalue weighted by Crippen LogP contribution is -2.24. The number of hydrogen-bond donors (Lipinski definition) is 1. The first kappa shape index (κ1) is 13.2. The molecule has 90 valence electrons. The Balaban J connectivity index is 2.99. The second-order valence-electron chi connectivity index (χ2n) is 4.51. The van der Waals surface area contributed by atoms with Crippen molar-refractivity contribution in [2.45, 2.75) is 39.7 Å². The first-order valence-corrected chi connectivity index (χ1v) is 6.04. The van der Waals surface area contributed by atoms with Gasteiger partial charge in [-0.25, -0.2) is 4.39 Å². The van der Waals surface area contributed by atoms with Gasteiger partial charge in [0.15, 0.2) is 0 Å². The smallest absolute Gasteiger partial charge is 0.130 e. The molecule has 1 N–H and O–H groups in total. The minimum Gasteiger partial charge on any atom is -0.313 e. The number of rotatable bonds is 5. The van der Waals surface area contributed by atoms with Crippen molar-refractivity contribution in [3.8, 4) is 0 Å². The number of aryl methyl sites for hydroxylation is 1. The maximum atomic E-state index is 14.0. The lowest BCUT2D eigenvalue weighted by molar-refractivity contribution is 0.372. The van der Waals surface area contributed by atoms with Crippen LogP contribution in [0.4, 0.5) is 4.39 Å². The largest absolute Gasteiger partial charge is 0.313 e. The zero-order valence-electron chi connectivity index (χ0n) is 10.7. The predicted molar refractivity (Wildman–Crippen MR) is 67.0 cm³/mol. The molecule has 0 aromatic heterocycles. The standard InChI is InChI=1S/C14H22FN/c1-5-7-11(3)14(16-4)12-9-6-8-10(2)13(12)15/h6,8-9,11,14,16H,5,7H2,1-4H3. The van der Waals surface area contributed by atoms with Crippen molar-refractivity contribution in [2.75, 3.05) is 7.05 Å². The molecular weight excluding hydrogens is 201 g/mol. The molecule has 0 fully saturated rings. The summed E-state index contributed by atoms with van der Waals surface area (Å²) in [4.78, 5) is 0. The average molecular weight is 223 g/mol. The Morgan fingerprint density at radius 3 is 2.62 bits per heavy atom. The van der Waals surface area contributed by atoms with E-state index >= 15 is 0 Å². The van der Waals surface area contributed by atoms with Crippen LogP contribution >= 0.6 is 0 Å². The highest BCUT2D eigenvalue weighted by atomic mass is 19.1. The number of nitrogens with one attached hydrogen (secondary N) is 1. The van der Waals surface area contributed by atoms with Crippen molar-refractivity contribution in [1.82, 2.24) is 5.32 Å². The van der Waals surface area contributed by atoms with Crippen molar-refractivity contribution in [3.63, 3.8) is 0 Å². The van der Waals surface area contributed by atoms with Crippen molar-refractivity contribution in [3.05, 3.63) is 35.1 Å². The van der Waals surface area contributed by atoms with Crippen LogP contribution in [0.3, 0.4) is 0 Å². The third-order valence-electron chi connectivity index (χ3n) is 3.18. The molecule has 2 unspecified atom stereocenters. The van der Waals surface area contributed by atoms with Gasteiger partial charge in [-0.15, -0.1) is 0 Å². The van der Waals surface area contributed by atoms with E-state index in [4.69, 9.17) is 0 Å². The number of benzene rings is 1. The maximum Gasteiger partial charge on any atom is 0.130 e. The Bertz CT molecular complexity index is 336. The molecule has 1 rings (SSSR count). The number of halogens is 1. The maximum absolute atomic E-state index is 14.0. The van der Waals surface area contributed by atoms with E-state index in [1.54, 1.807) is 0 Å². The summed E-state index contributed by atoms with van der Waals surface area (Å²) in [5.41, 5.74) is 1.52. The molecule has 0 saturated heterocycles. The molecule has 0 aliphatic carbocycles. The second kappa shape index (κ2) is 6.00. The van der Waals surface area contributed by atoms with Gasteiger partial charge in [-0.05, 0) is 31.9 Å². The van der Waals surface area contributed by atoms with Crippen molar-refractivity contribution in [1.29, 1.82) is 0 Å². The normalized spacial score (nSPS) is 14.8. The molecule has 0 saturated carbocycles. The fraction of sp³-hybridized carbons (Fsp3) is 0.571. The molecule has 0 aliphatic heterocycles. The summed E-state index contributed by atoms with van der Waals surface area (Å²) >= 11 is 0. The summed E-state index contributed by atoms with van der Waals surface area (Å²) in [5.74, 6) is 0.385. The van der Waals surface area contributed by atoms with Gasteiger partial charge in [0.25, 0.3) is 0 Å². The molecule has 1 aromatic carbocycles. The molecule has 0 spiro atoms. The van der Waals surface area contributed by atoms with Gasteiger partial charge in [-0.3, -0.25) is 0 Å². The Morgan fingerprint density at radius 2 is 2.06 bits per heavy atom. The van der Waals surface area contributed by atoms with Gasteiger partial charge in [-0.1, -0.05) is 38.5 Å². The molecule has 1 nitrogen and oxygen atoms in total. The molecular formula is C14H22FN. The SMILES string of the molecule is CCCC(C)C(NC)c1cccc(C)c1F. The molecule has 1 aromatic rings. The van der Waals surface area contributed by atoms with Crippen LogP contribution in [0.2, 0.25) is 0 Å². The van der Waals surface area contributed by atoms with Gasteiger partial charge in [0.1, 0.15) is 5.82 Å². The van der Waals surface area contributed by atoms with E-state index in [0.29, 0.717) is 5.92 Å². The first-order chi connectivity index (χ1) is 7.61. The quantitative estimate of drug-likeness (QED) is 0.800. The third-order valence-corrected chi connectivity index (χ3v) is 3.18. The van der Waals surface area contributed by atoms with E-state index in [-0.39, 0.29) is 11.9 Å². The molecule has 0 aliphatic rings. The Hall–Kier alpha value is -0.890. The van der Waals surface area contributed by atoms with Crippen molar-refractivity contribution >= 4 is 0 Å². The lowest BCUT2D eigenvalue weighted by Gasteiger charge is -2.24. The molecule has 2 heteroatoms. The van der Waals surface area contributed by atoms with Gasteiger partial charge in [0.2, 0.25) is 0 Å². The highest BCUT2D eigenvalue weighted by Gasteiger charge is 2.20. The number of hydrogen-bond acceptors (Lipinski definition) is 1. The summed E-state index contributed by atoms with van der Waals surface area (Å²) in [7, 11) is 1.90. The second-order valence-corrected chi connectivity index (χ2v) is 4.51. The van der Waals surface area contributed by atoms with Crippen molar-refractivity contribution < 1.29 is 4.39 Å². The molecule has 0 amide bonds. The average Bonchev–Trinajstić information content (AvgIpc) is 2.25. The van der Waals surface area contributed by atoms with Gasteiger partial charge in [0, 0.05) is 11.6 Å². The van der Waals surface area contributed by atoms with Gasteiger partial charge in [0.05, 0.1) is 0 Å². The fourth-order valence-corrected chi connectivity index (χ4v) is 2.28. The molecule has 16 heavy (non-hydrogen) atoms.